The lowest BCUT2D eigenvalue weighted by Crippen LogP contribution is -2.10. The van der Waals surface area contributed by atoms with Crippen molar-refractivity contribution in [3.63, 3.8) is 0 Å². The molecule has 0 aliphatic rings. The number of tetrazole rings is 1. The second kappa shape index (κ2) is 1.30. The lowest BCUT2D eigenvalue weighted by molar-refractivity contribution is 0.717. The van der Waals surface area contributed by atoms with Gasteiger partial charge in [-0.15, -0.1) is 4.79 Å². The summed E-state index contributed by atoms with van der Waals surface area (Å²) >= 11 is 4.49. The summed E-state index contributed by atoms with van der Waals surface area (Å²) in [5.41, 5.74) is 0. The van der Waals surface area contributed by atoms with Crippen molar-refractivity contribution in [1.82, 2.24) is 20.3 Å². The molecular formula is CH2N5S. The van der Waals surface area contributed by atoms with E-state index in [9.17, 15) is 0 Å². The molecule has 5 nitrogen and oxygen atoms in total. The van der Waals surface area contributed by atoms with Crippen molar-refractivity contribution in [2.45, 2.75) is 5.16 Å². The van der Waals surface area contributed by atoms with Gasteiger partial charge in [0.05, 0.1) is 0 Å². The van der Waals surface area contributed by atoms with E-state index in [1.165, 1.54) is 0 Å². The highest BCUT2D eigenvalue weighted by Crippen LogP contribution is 1.88. The van der Waals surface area contributed by atoms with Gasteiger partial charge in [-0.25, -0.2) is 0 Å². The van der Waals surface area contributed by atoms with Gasteiger partial charge < -0.3 is 5.84 Å². The average Bonchev–Trinajstić information content (AvgIpc) is 1.91. The molecule has 0 saturated carbocycles. The number of nitrogen functional groups attached to an aromatic ring is 1. The van der Waals surface area contributed by atoms with Crippen molar-refractivity contribution in [3.8, 4) is 0 Å². The summed E-state index contributed by atoms with van der Waals surface area (Å²) in [6.45, 7) is 0. The third-order valence-corrected chi connectivity index (χ3v) is 0.731. The first-order valence-electron chi connectivity index (χ1n) is 1.51. The number of aromatic nitrogens is 4. The van der Waals surface area contributed by atoms with Crippen LogP contribution in [0, 0.1) is 0 Å². The smallest absolute Gasteiger partial charge is 0.260 e. The number of hydrogen-bond donors (Lipinski definition) is 1. The molecule has 0 bridgehead atoms. The Kier molecular flexibility index (Phi) is 0.791. The molecule has 1 aromatic rings. The fourth-order valence-corrected chi connectivity index (χ4v) is 0.258. The molecule has 37 valence electrons. The molecule has 0 atom stereocenters. The zero-order chi connectivity index (χ0) is 5.28. The zero-order valence-electron chi connectivity index (χ0n) is 3.27. The van der Waals surface area contributed by atoms with Crippen LogP contribution in [0.25, 0.3) is 0 Å². The lowest BCUT2D eigenvalue weighted by atomic mass is 11.4. The standard InChI is InChI=1S/CH2N5S/c2-6-1(7)3-4-5-6/h2H2. The Balaban J connectivity index is 3.12. The van der Waals surface area contributed by atoms with Gasteiger partial charge in [0.25, 0.3) is 5.16 Å². The first-order valence-corrected chi connectivity index (χ1v) is 1.92. The Morgan fingerprint density at radius 3 is 2.57 bits per heavy atom. The van der Waals surface area contributed by atoms with Crippen LogP contribution >= 0.6 is 12.6 Å². The third-order valence-electron chi connectivity index (χ3n) is 0.463. The van der Waals surface area contributed by atoms with Crippen LogP contribution in [0.4, 0.5) is 0 Å². The Hall–Kier alpha value is -0.910. The summed E-state index contributed by atoms with van der Waals surface area (Å²) in [6, 6.07) is 0. The summed E-state index contributed by atoms with van der Waals surface area (Å²) in [5, 5.41) is 9.90. The molecule has 1 aromatic heterocycles. The first kappa shape index (κ1) is 4.25. The highest BCUT2D eigenvalue weighted by atomic mass is 32.1. The van der Waals surface area contributed by atoms with Gasteiger partial charge in [-0.2, -0.15) is 0 Å². The predicted molar refractivity (Wildman–Crippen MR) is 23.8 cm³/mol. The van der Waals surface area contributed by atoms with E-state index in [0.29, 0.717) is 0 Å². The second-order valence-corrected chi connectivity index (χ2v) is 1.27. The molecule has 6 heteroatoms. The van der Waals surface area contributed by atoms with E-state index < -0.39 is 0 Å². The molecule has 0 fully saturated rings. The van der Waals surface area contributed by atoms with Crippen LogP contribution in [-0.2, 0) is 0 Å². The van der Waals surface area contributed by atoms with E-state index in [1.807, 2.05) is 0 Å². The quantitative estimate of drug-likeness (QED) is 0.439. The molecule has 0 unspecified atom stereocenters. The second-order valence-electron chi connectivity index (χ2n) is 0.906. The molecule has 0 aliphatic heterocycles. The van der Waals surface area contributed by atoms with Gasteiger partial charge >= 0.3 is 0 Å². The molecule has 1 rings (SSSR count). The van der Waals surface area contributed by atoms with Crippen LogP contribution in [0.5, 0.6) is 0 Å². The fourth-order valence-electron chi connectivity index (χ4n) is 0.185. The Labute approximate surface area is 44.9 Å². The average molecular weight is 116 g/mol. The van der Waals surface area contributed by atoms with E-state index >= 15 is 0 Å². The van der Waals surface area contributed by atoms with Crippen molar-refractivity contribution in [1.29, 1.82) is 0 Å². The van der Waals surface area contributed by atoms with Crippen molar-refractivity contribution < 1.29 is 0 Å². The maximum absolute atomic E-state index is 5.02. The summed E-state index contributed by atoms with van der Waals surface area (Å²) in [5.74, 6) is 5.02. The number of nitrogens with two attached hydrogens (primary N) is 1. The molecule has 0 amide bonds. The van der Waals surface area contributed by atoms with E-state index in [0.717, 1.165) is 4.79 Å². The largest absolute Gasteiger partial charge is 0.319 e. The monoisotopic (exact) mass is 116 g/mol. The molecular weight excluding hydrogens is 114 g/mol. The van der Waals surface area contributed by atoms with Crippen LogP contribution in [0.1, 0.15) is 0 Å². The highest BCUT2D eigenvalue weighted by molar-refractivity contribution is 7.80. The third kappa shape index (κ3) is 0.588. The van der Waals surface area contributed by atoms with E-state index in [4.69, 9.17) is 5.84 Å². The maximum atomic E-state index is 5.02. The van der Waals surface area contributed by atoms with E-state index in [1.54, 1.807) is 0 Å². The molecule has 0 aromatic carbocycles. The minimum Gasteiger partial charge on any atom is -0.319 e. The first-order chi connectivity index (χ1) is 3.30. The van der Waals surface area contributed by atoms with Crippen molar-refractivity contribution in [2.75, 3.05) is 5.84 Å². The van der Waals surface area contributed by atoms with Crippen molar-refractivity contribution in [3.05, 3.63) is 0 Å². The van der Waals surface area contributed by atoms with Crippen LogP contribution in [0.3, 0.4) is 0 Å². The summed E-state index contributed by atoms with van der Waals surface area (Å²) in [7, 11) is 0. The normalized spacial score (nSPS) is 9.14. The molecule has 7 heavy (non-hydrogen) atoms. The molecule has 0 saturated heterocycles. The molecule has 0 spiro atoms. The molecule has 1 radical (unpaired) electrons. The van der Waals surface area contributed by atoms with Gasteiger partial charge in [0.2, 0.25) is 0 Å². The van der Waals surface area contributed by atoms with Gasteiger partial charge in [-0.05, 0) is 23.1 Å². The molecule has 0 aliphatic carbocycles. The van der Waals surface area contributed by atoms with Gasteiger partial charge in [0.1, 0.15) is 0 Å². The Morgan fingerprint density at radius 1 is 1.71 bits per heavy atom. The highest BCUT2D eigenvalue weighted by Gasteiger charge is 1.91. The van der Waals surface area contributed by atoms with E-state index in [-0.39, 0.29) is 5.16 Å². The minimum absolute atomic E-state index is 0.194. The number of hydrogen-bond acceptors (Lipinski definition) is 4. The molecule has 1 heterocycles. The summed E-state index contributed by atoms with van der Waals surface area (Å²) in [4.78, 5) is 0.926. The van der Waals surface area contributed by atoms with Crippen molar-refractivity contribution >= 4 is 12.6 Å². The fraction of sp³-hybridized carbons (Fsp3) is 0. The zero-order valence-corrected chi connectivity index (χ0v) is 4.09. The lowest BCUT2D eigenvalue weighted by Gasteiger charge is -1.80. The van der Waals surface area contributed by atoms with Crippen LogP contribution in [0.2, 0.25) is 0 Å². The minimum atomic E-state index is 0.194. The summed E-state index contributed by atoms with van der Waals surface area (Å²) < 4.78 is 0. The van der Waals surface area contributed by atoms with Crippen LogP contribution < -0.4 is 5.84 Å². The van der Waals surface area contributed by atoms with Gasteiger partial charge in [-0.3, -0.25) is 0 Å². The van der Waals surface area contributed by atoms with Gasteiger partial charge in [-0.1, -0.05) is 5.10 Å². The topological polar surface area (TPSA) is 69.6 Å². The van der Waals surface area contributed by atoms with E-state index in [2.05, 4.69) is 28.2 Å². The van der Waals surface area contributed by atoms with Gasteiger partial charge in [0.15, 0.2) is 0 Å². The number of nitrogens with zero attached hydrogens (tertiary/aromatic N) is 4. The summed E-state index contributed by atoms with van der Waals surface area (Å²) in [6.07, 6.45) is 0. The van der Waals surface area contributed by atoms with Gasteiger partial charge in [0, 0.05) is 0 Å². The number of rotatable bonds is 0. The Bertz CT molecular complexity index is 140. The SMILES string of the molecule is Nn1nnnc1[S]. The molecule has 2 N–H and O–H groups in total. The maximum Gasteiger partial charge on any atom is 0.260 e. The van der Waals surface area contributed by atoms with Crippen LogP contribution in [0.15, 0.2) is 5.16 Å². The predicted octanol–water partition coefficient (Wildman–Crippen LogP) is -1.06. The van der Waals surface area contributed by atoms with Crippen LogP contribution in [-0.4, -0.2) is 20.3 Å². The van der Waals surface area contributed by atoms with Crippen molar-refractivity contribution in [2.24, 2.45) is 0 Å². The Morgan fingerprint density at radius 2 is 2.43 bits per heavy atom.